The lowest BCUT2D eigenvalue weighted by Gasteiger charge is -2.19. The van der Waals surface area contributed by atoms with Crippen molar-refractivity contribution in [3.05, 3.63) is 33.8 Å². The average Bonchev–Trinajstić information content (AvgIpc) is 2.30. The van der Waals surface area contributed by atoms with Crippen LogP contribution in [0.3, 0.4) is 0 Å². The molecule has 18 heavy (non-hydrogen) atoms. The van der Waals surface area contributed by atoms with Crippen LogP contribution in [-0.4, -0.2) is 0 Å². The summed E-state index contributed by atoms with van der Waals surface area (Å²) in [5, 5.41) is 0. The van der Waals surface area contributed by atoms with E-state index in [-0.39, 0.29) is 6.04 Å². The second kappa shape index (κ2) is 6.54. The molecule has 0 aromatic heterocycles. The van der Waals surface area contributed by atoms with Crippen LogP contribution in [0.2, 0.25) is 0 Å². The Balaban J connectivity index is 3.05. The summed E-state index contributed by atoms with van der Waals surface area (Å²) in [5.41, 5.74) is 2.46. The molecule has 0 spiro atoms. The smallest absolute Gasteiger partial charge is 0.271 e. The summed E-state index contributed by atoms with van der Waals surface area (Å²) in [6.45, 7) is 2.02. The monoisotopic (exact) mass is 324 g/mol. The molecule has 2 nitrogen and oxygen atoms in total. The molecule has 0 aliphatic heterocycles. The molecule has 0 aliphatic rings. The minimum atomic E-state index is -4.33. The van der Waals surface area contributed by atoms with Crippen molar-refractivity contribution >= 4 is 15.9 Å². The summed E-state index contributed by atoms with van der Waals surface area (Å²) in [5.74, 6) is 5.42. The lowest BCUT2D eigenvalue weighted by Crippen LogP contribution is -2.28. The zero-order valence-corrected chi connectivity index (χ0v) is 11.6. The van der Waals surface area contributed by atoms with E-state index < -0.39 is 11.7 Å². The highest BCUT2D eigenvalue weighted by Gasteiger charge is 2.31. The molecule has 1 aromatic carbocycles. The van der Waals surface area contributed by atoms with Crippen LogP contribution in [0, 0.1) is 0 Å². The molecule has 0 saturated heterocycles. The number of hydrogen-bond donors (Lipinski definition) is 2. The van der Waals surface area contributed by atoms with Crippen molar-refractivity contribution < 1.29 is 13.2 Å². The fourth-order valence-corrected chi connectivity index (χ4v) is 2.25. The minimum absolute atomic E-state index is 0.276. The topological polar surface area (TPSA) is 38.0 Å². The quantitative estimate of drug-likeness (QED) is 0.630. The molecule has 6 heteroatoms. The van der Waals surface area contributed by atoms with E-state index in [1.165, 1.54) is 6.07 Å². The largest absolute Gasteiger partial charge is 0.416 e. The van der Waals surface area contributed by atoms with Crippen molar-refractivity contribution in [2.75, 3.05) is 0 Å². The van der Waals surface area contributed by atoms with Crippen LogP contribution in [0.4, 0.5) is 13.2 Å². The second-order valence-electron chi connectivity index (χ2n) is 4.10. The number of hydrogen-bond acceptors (Lipinski definition) is 2. The number of benzene rings is 1. The Morgan fingerprint density at radius 1 is 1.39 bits per heavy atom. The minimum Gasteiger partial charge on any atom is -0.271 e. The predicted octanol–water partition coefficient (Wildman–Crippen LogP) is 4.16. The van der Waals surface area contributed by atoms with Crippen LogP contribution in [0.15, 0.2) is 22.7 Å². The van der Waals surface area contributed by atoms with E-state index in [9.17, 15) is 13.2 Å². The average molecular weight is 325 g/mol. The molecule has 0 fully saturated rings. The van der Waals surface area contributed by atoms with Gasteiger partial charge in [0.1, 0.15) is 0 Å². The van der Waals surface area contributed by atoms with Gasteiger partial charge in [-0.05, 0) is 30.2 Å². The molecule has 1 unspecified atom stereocenters. The third-order valence-corrected chi connectivity index (χ3v) is 3.47. The van der Waals surface area contributed by atoms with Crippen LogP contribution in [0.5, 0.6) is 0 Å². The Morgan fingerprint density at radius 2 is 2.06 bits per heavy atom. The van der Waals surface area contributed by atoms with Gasteiger partial charge in [0.05, 0.1) is 5.56 Å². The maximum atomic E-state index is 12.7. The van der Waals surface area contributed by atoms with E-state index in [2.05, 4.69) is 21.4 Å². The number of nitrogens with two attached hydrogens (primary N) is 1. The van der Waals surface area contributed by atoms with Gasteiger partial charge in [-0.15, -0.1) is 0 Å². The number of unbranched alkanes of at least 4 members (excludes halogenated alkanes) is 1. The Bertz CT molecular complexity index is 393. The van der Waals surface area contributed by atoms with Crippen molar-refractivity contribution in [2.24, 2.45) is 5.84 Å². The van der Waals surface area contributed by atoms with Gasteiger partial charge in [0.15, 0.2) is 0 Å². The molecule has 0 heterocycles. The van der Waals surface area contributed by atoms with Gasteiger partial charge in [-0.2, -0.15) is 13.2 Å². The first-order chi connectivity index (χ1) is 8.40. The lowest BCUT2D eigenvalue weighted by atomic mass is 9.99. The zero-order chi connectivity index (χ0) is 13.8. The highest BCUT2D eigenvalue weighted by Crippen LogP contribution is 2.34. The van der Waals surface area contributed by atoms with Crippen LogP contribution in [0.1, 0.15) is 43.4 Å². The molecule has 0 aliphatic carbocycles. The first-order valence-electron chi connectivity index (χ1n) is 5.73. The number of alkyl halides is 3. The molecule has 1 aromatic rings. The first-order valence-corrected chi connectivity index (χ1v) is 6.52. The standard InChI is InChI=1S/C12H16BrF3N2/c1-2-3-4-11(18-17)9-7-8(12(14,15)16)5-6-10(9)13/h5-7,11,18H,2-4,17H2,1H3. The van der Waals surface area contributed by atoms with Crippen molar-refractivity contribution in [2.45, 2.75) is 38.4 Å². The van der Waals surface area contributed by atoms with E-state index in [1.54, 1.807) is 0 Å². The van der Waals surface area contributed by atoms with Crippen LogP contribution in [-0.2, 0) is 6.18 Å². The van der Waals surface area contributed by atoms with Crippen molar-refractivity contribution in [1.82, 2.24) is 5.43 Å². The Labute approximate surface area is 113 Å². The van der Waals surface area contributed by atoms with Gasteiger partial charge < -0.3 is 0 Å². The van der Waals surface area contributed by atoms with Crippen molar-refractivity contribution in [3.8, 4) is 0 Å². The molecule has 0 saturated carbocycles. The van der Waals surface area contributed by atoms with E-state index in [1.807, 2.05) is 6.92 Å². The number of rotatable bonds is 5. The van der Waals surface area contributed by atoms with Gasteiger partial charge in [-0.1, -0.05) is 35.7 Å². The Hall–Kier alpha value is -0.590. The Morgan fingerprint density at radius 3 is 2.56 bits per heavy atom. The van der Waals surface area contributed by atoms with Gasteiger partial charge in [0.2, 0.25) is 0 Å². The second-order valence-corrected chi connectivity index (χ2v) is 4.95. The zero-order valence-electron chi connectivity index (χ0n) is 10.0. The molecule has 0 radical (unpaired) electrons. The van der Waals surface area contributed by atoms with Gasteiger partial charge in [-0.25, -0.2) is 0 Å². The fourth-order valence-electron chi connectivity index (χ4n) is 1.72. The maximum absolute atomic E-state index is 12.7. The summed E-state index contributed by atoms with van der Waals surface area (Å²) in [6.07, 6.45) is -1.77. The highest BCUT2D eigenvalue weighted by molar-refractivity contribution is 9.10. The van der Waals surface area contributed by atoms with Gasteiger partial charge in [0, 0.05) is 10.5 Å². The summed E-state index contributed by atoms with van der Waals surface area (Å²) in [4.78, 5) is 0. The van der Waals surface area contributed by atoms with Crippen molar-refractivity contribution in [3.63, 3.8) is 0 Å². The van der Waals surface area contributed by atoms with Gasteiger partial charge in [0.25, 0.3) is 0 Å². The predicted molar refractivity (Wildman–Crippen MR) is 68.7 cm³/mol. The summed E-state index contributed by atoms with van der Waals surface area (Å²) >= 11 is 3.27. The number of halogens is 4. The first kappa shape index (κ1) is 15.5. The normalized spacial score (nSPS) is 13.7. The molecule has 1 rings (SSSR count). The maximum Gasteiger partial charge on any atom is 0.416 e. The van der Waals surface area contributed by atoms with Crippen LogP contribution >= 0.6 is 15.9 Å². The summed E-state index contributed by atoms with van der Waals surface area (Å²) < 4.78 is 38.6. The molecular weight excluding hydrogens is 309 g/mol. The third-order valence-electron chi connectivity index (χ3n) is 2.75. The van der Waals surface area contributed by atoms with Crippen LogP contribution in [0.25, 0.3) is 0 Å². The molecular formula is C12H16BrF3N2. The molecule has 3 N–H and O–H groups in total. The molecule has 1 atom stereocenters. The molecule has 102 valence electrons. The number of nitrogens with one attached hydrogen (secondary N) is 1. The van der Waals surface area contributed by atoms with E-state index >= 15 is 0 Å². The van der Waals surface area contributed by atoms with Gasteiger partial charge in [-0.3, -0.25) is 11.3 Å². The SMILES string of the molecule is CCCCC(NN)c1cc(C(F)(F)F)ccc1Br. The Kier molecular flexibility index (Phi) is 5.62. The molecule has 0 bridgehead atoms. The lowest BCUT2D eigenvalue weighted by molar-refractivity contribution is -0.137. The summed E-state index contributed by atoms with van der Waals surface area (Å²) in [7, 11) is 0. The third kappa shape index (κ3) is 3.96. The van der Waals surface area contributed by atoms with Gasteiger partial charge >= 0.3 is 6.18 Å². The molecule has 0 amide bonds. The highest BCUT2D eigenvalue weighted by atomic mass is 79.9. The number of hydrazine groups is 1. The van der Waals surface area contributed by atoms with Crippen molar-refractivity contribution in [1.29, 1.82) is 0 Å². The van der Waals surface area contributed by atoms with Crippen LogP contribution < -0.4 is 11.3 Å². The summed E-state index contributed by atoms with van der Waals surface area (Å²) in [6, 6.07) is 3.33. The van der Waals surface area contributed by atoms with E-state index in [0.29, 0.717) is 16.5 Å². The van der Waals surface area contributed by atoms with E-state index in [0.717, 1.165) is 25.0 Å². The van der Waals surface area contributed by atoms with E-state index in [4.69, 9.17) is 5.84 Å². The fraction of sp³-hybridized carbons (Fsp3) is 0.500.